The molecule has 3 N–H and O–H groups in total. The van der Waals surface area contributed by atoms with Gasteiger partial charge in [0.05, 0.1) is 12.3 Å². The SMILES string of the molecule is CCOC(=O)C(C)NS(=O)(=O)c1cc(Cl)cc(N)c1F. The van der Waals surface area contributed by atoms with Gasteiger partial charge in [-0.25, -0.2) is 12.8 Å². The predicted octanol–water partition coefficient (Wildman–Crippen LogP) is 1.29. The van der Waals surface area contributed by atoms with E-state index in [-0.39, 0.29) is 11.6 Å². The predicted molar refractivity (Wildman–Crippen MR) is 72.2 cm³/mol. The monoisotopic (exact) mass is 324 g/mol. The Morgan fingerprint density at radius 2 is 2.15 bits per heavy atom. The Morgan fingerprint density at radius 1 is 1.55 bits per heavy atom. The number of nitrogen functional groups attached to an aromatic ring is 1. The smallest absolute Gasteiger partial charge is 0.323 e. The van der Waals surface area contributed by atoms with Gasteiger partial charge in [-0.2, -0.15) is 4.72 Å². The molecule has 0 aromatic heterocycles. The van der Waals surface area contributed by atoms with E-state index >= 15 is 0 Å². The van der Waals surface area contributed by atoms with E-state index < -0.39 is 38.4 Å². The highest BCUT2D eigenvalue weighted by molar-refractivity contribution is 7.89. The molecule has 6 nitrogen and oxygen atoms in total. The van der Waals surface area contributed by atoms with E-state index in [1.54, 1.807) is 6.92 Å². The number of hydrogen-bond donors (Lipinski definition) is 2. The molecule has 0 saturated heterocycles. The number of nitrogens with two attached hydrogens (primary N) is 1. The number of hydrogen-bond acceptors (Lipinski definition) is 5. The Labute approximate surface area is 121 Å². The van der Waals surface area contributed by atoms with Gasteiger partial charge < -0.3 is 10.5 Å². The quantitative estimate of drug-likeness (QED) is 0.628. The number of esters is 1. The van der Waals surface area contributed by atoms with Gasteiger partial charge in [-0.3, -0.25) is 4.79 Å². The minimum absolute atomic E-state index is 0.0342. The molecule has 0 aliphatic carbocycles. The Morgan fingerprint density at radius 3 is 2.70 bits per heavy atom. The number of sulfonamides is 1. The van der Waals surface area contributed by atoms with Crippen LogP contribution < -0.4 is 10.5 Å². The van der Waals surface area contributed by atoms with Crippen LogP contribution in [0, 0.1) is 5.82 Å². The third-order valence-corrected chi connectivity index (χ3v) is 4.05. The summed E-state index contributed by atoms with van der Waals surface area (Å²) in [4.78, 5) is 10.7. The van der Waals surface area contributed by atoms with Gasteiger partial charge in [0.2, 0.25) is 10.0 Å². The molecule has 20 heavy (non-hydrogen) atoms. The second kappa shape index (κ2) is 6.38. The van der Waals surface area contributed by atoms with Crippen molar-refractivity contribution in [3.8, 4) is 0 Å². The maximum Gasteiger partial charge on any atom is 0.323 e. The highest BCUT2D eigenvalue weighted by atomic mass is 35.5. The largest absolute Gasteiger partial charge is 0.465 e. The molecule has 0 amide bonds. The molecule has 0 aliphatic heterocycles. The summed E-state index contributed by atoms with van der Waals surface area (Å²) in [6.07, 6.45) is 0. The Hall–Kier alpha value is -1.38. The number of rotatable bonds is 5. The molecule has 112 valence electrons. The van der Waals surface area contributed by atoms with Crippen LogP contribution in [0.25, 0.3) is 0 Å². The third kappa shape index (κ3) is 3.81. The Balaban J connectivity index is 3.09. The van der Waals surface area contributed by atoms with Crippen molar-refractivity contribution in [2.45, 2.75) is 24.8 Å². The first-order valence-corrected chi connectivity index (χ1v) is 7.48. The summed E-state index contributed by atoms with van der Waals surface area (Å²) in [5.74, 6) is -1.90. The van der Waals surface area contributed by atoms with Gasteiger partial charge in [0, 0.05) is 5.02 Å². The molecule has 1 aromatic carbocycles. The van der Waals surface area contributed by atoms with Crippen LogP contribution in [-0.2, 0) is 19.6 Å². The highest BCUT2D eigenvalue weighted by Crippen LogP contribution is 2.25. The highest BCUT2D eigenvalue weighted by Gasteiger charge is 2.26. The molecular weight excluding hydrogens is 311 g/mol. The van der Waals surface area contributed by atoms with Crippen molar-refractivity contribution < 1.29 is 22.3 Å². The Kier molecular flexibility index (Phi) is 5.32. The van der Waals surface area contributed by atoms with Crippen LogP contribution in [-0.4, -0.2) is 27.0 Å². The minimum atomic E-state index is -4.29. The zero-order valence-corrected chi connectivity index (χ0v) is 12.4. The van der Waals surface area contributed by atoms with Gasteiger partial charge >= 0.3 is 5.97 Å². The summed E-state index contributed by atoms with van der Waals surface area (Å²) in [5.41, 5.74) is 4.91. The van der Waals surface area contributed by atoms with E-state index in [0.29, 0.717) is 0 Å². The van der Waals surface area contributed by atoms with Crippen molar-refractivity contribution in [1.82, 2.24) is 4.72 Å². The summed E-state index contributed by atoms with van der Waals surface area (Å²) in [5, 5.41) is -0.0342. The third-order valence-electron chi connectivity index (χ3n) is 2.29. The van der Waals surface area contributed by atoms with Gasteiger partial charge in [-0.15, -0.1) is 0 Å². The van der Waals surface area contributed by atoms with Crippen molar-refractivity contribution >= 4 is 33.3 Å². The molecule has 0 spiro atoms. The normalized spacial score (nSPS) is 13.0. The molecule has 0 fully saturated rings. The van der Waals surface area contributed by atoms with Crippen molar-refractivity contribution in [3.05, 3.63) is 23.0 Å². The van der Waals surface area contributed by atoms with Gasteiger partial charge in [0.25, 0.3) is 0 Å². The van der Waals surface area contributed by atoms with Crippen molar-refractivity contribution in [1.29, 1.82) is 0 Å². The fraction of sp³-hybridized carbons (Fsp3) is 0.364. The topological polar surface area (TPSA) is 98.5 Å². The van der Waals surface area contributed by atoms with E-state index in [1.165, 1.54) is 6.92 Å². The first-order chi connectivity index (χ1) is 9.19. The van der Waals surface area contributed by atoms with Crippen molar-refractivity contribution in [2.24, 2.45) is 0 Å². The second-order valence-electron chi connectivity index (χ2n) is 3.90. The fourth-order valence-corrected chi connectivity index (χ4v) is 3.01. The summed E-state index contributed by atoms with van der Waals surface area (Å²) < 4.78 is 44.4. The lowest BCUT2D eigenvalue weighted by Crippen LogP contribution is -2.39. The Bertz CT molecular complexity index is 621. The average molecular weight is 325 g/mol. The molecule has 9 heteroatoms. The molecule has 0 aliphatic rings. The standard InChI is InChI=1S/C11H14ClFN2O4S/c1-3-19-11(16)6(2)15-20(17,18)9-5-7(12)4-8(14)10(9)13/h4-6,15H,3,14H2,1-2H3. The summed E-state index contributed by atoms with van der Waals surface area (Å²) in [7, 11) is -4.29. The first kappa shape index (κ1) is 16.7. The number of benzene rings is 1. The minimum Gasteiger partial charge on any atom is -0.465 e. The maximum atomic E-state index is 13.8. The lowest BCUT2D eigenvalue weighted by atomic mass is 10.3. The van der Waals surface area contributed by atoms with E-state index in [9.17, 15) is 17.6 Å². The lowest BCUT2D eigenvalue weighted by molar-refractivity contribution is -0.144. The number of carbonyl (C=O) groups is 1. The van der Waals surface area contributed by atoms with Crippen molar-refractivity contribution in [3.63, 3.8) is 0 Å². The molecule has 0 radical (unpaired) electrons. The zero-order valence-electron chi connectivity index (χ0n) is 10.8. The number of halogens is 2. The molecule has 1 atom stereocenters. The number of anilines is 1. The summed E-state index contributed by atoms with van der Waals surface area (Å²) in [6, 6.07) is 0.831. The number of nitrogens with one attached hydrogen (secondary N) is 1. The number of ether oxygens (including phenoxy) is 1. The fourth-order valence-electron chi connectivity index (χ4n) is 1.39. The van der Waals surface area contributed by atoms with E-state index in [4.69, 9.17) is 17.3 Å². The second-order valence-corrected chi connectivity index (χ2v) is 6.02. The van der Waals surface area contributed by atoms with Crippen LogP contribution in [0.1, 0.15) is 13.8 Å². The molecule has 1 rings (SSSR count). The van der Waals surface area contributed by atoms with Gasteiger partial charge in [0.15, 0.2) is 5.82 Å². The zero-order chi connectivity index (χ0) is 15.5. The summed E-state index contributed by atoms with van der Waals surface area (Å²) >= 11 is 5.65. The first-order valence-electron chi connectivity index (χ1n) is 5.62. The lowest BCUT2D eigenvalue weighted by Gasteiger charge is -2.14. The maximum absolute atomic E-state index is 13.8. The summed E-state index contributed by atoms with van der Waals surface area (Å²) in [6.45, 7) is 2.96. The van der Waals surface area contributed by atoms with Crippen LogP contribution in [0.3, 0.4) is 0 Å². The van der Waals surface area contributed by atoms with Crippen molar-refractivity contribution in [2.75, 3.05) is 12.3 Å². The van der Waals surface area contributed by atoms with Gasteiger partial charge in [-0.05, 0) is 26.0 Å². The molecular formula is C11H14ClFN2O4S. The molecule has 0 heterocycles. The van der Waals surface area contributed by atoms with E-state index in [1.807, 2.05) is 4.72 Å². The molecule has 0 bridgehead atoms. The van der Waals surface area contributed by atoms with E-state index in [0.717, 1.165) is 12.1 Å². The molecule has 1 unspecified atom stereocenters. The van der Waals surface area contributed by atoms with Crippen LogP contribution >= 0.6 is 11.6 Å². The van der Waals surface area contributed by atoms with E-state index in [2.05, 4.69) is 4.74 Å². The molecule has 1 aromatic rings. The van der Waals surface area contributed by atoms with Gasteiger partial charge in [0.1, 0.15) is 10.9 Å². The van der Waals surface area contributed by atoms with Gasteiger partial charge in [-0.1, -0.05) is 11.6 Å². The number of carbonyl (C=O) groups excluding carboxylic acids is 1. The molecule has 0 saturated carbocycles. The average Bonchev–Trinajstić information content (AvgIpc) is 2.33. The van der Waals surface area contributed by atoms with Crippen LogP contribution in [0.5, 0.6) is 0 Å². The van der Waals surface area contributed by atoms with Crippen LogP contribution in [0.15, 0.2) is 17.0 Å². The van der Waals surface area contributed by atoms with Crippen LogP contribution in [0.4, 0.5) is 10.1 Å². The van der Waals surface area contributed by atoms with Crippen LogP contribution in [0.2, 0.25) is 5.02 Å².